The van der Waals surface area contributed by atoms with Crippen molar-refractivity contribution in [2.45, 2.75) is 89.8 Å². The number of rotatable bonds is 21. The molecule has 49 heavy (non-hydrogen) atoms. The van der Waals surface area contributed by atoms with E-state index in [0.29, 0.717) is 38.5 Å². The second-order valence-electron chi connectivity index (χ2n) is 12.3. The van der Waals surface area contributed by atoms with Crippen LogP contribution in [0.15, 0.2) is 17.1 Å². The number of hydrogen-bond donors (Lipinski definition) is 7. The maximum absolute atomic E-state index is 13.3. The number of carbonyl (C=O) groups excluding carboxylic acids is 7. The number of likely N-dealkylation sites (tertiary alicyclic amines) is 1. The van der Waals surface area contributed by atoms with E-state index >= 15 is 0 Å². The Morgan fingerprint density at radius 1 is 0.918 bits per heavy atom. The number of amides is 7. The van der Waals surface area contributed by atoms with Crippen LogP contribution in [0.1, 0.15) is 71.6 Å². The minimum absolute atomic E-state index is 0.00140. The number of aliphatic imine (C=N–C) groups is 1. The highest BCUT2D eigenvalue weighted by Crippen LogP contribution is 2.18. The number of imide groups is 1. The van der Waals surface area contributed by atoms with Crippen molar-refractivity contribution >= 4 is 53.3 Å². The van der Waals surface area contributed by atoms with Gasteiger partial charge in [-0.2, -0.15) is 0 Å². The summed E-state index contributed by atoms with van der Waals surface area (Å²) in [5, 5.41) is 19.4. The highest BCUT2D eigenvalue weighted by Gasteiger charge is 2.36. The minimum atomic E-state index is -1.20. The number of carboxylic acids is 1. The minimum Gasteiger partial charge on any atom is -0.480 e. The Bertz CT molecular complexity index is 1280. The van der Waals surface area contributed by atoms with E-state index < -0.39 is 54.3 Å². The molecule has 3 atom stereocenters. The van der Waals surface area contributed by atoms with Gasteiger partial charge in [0.05, 0.1) is 13.1 Å². The fourth-order valence-electron chi connectivity index (χ4n) is 5.35. The van der Waals surface area contributed by atoms with Gasteiger partial charge >= 0.3 is 5.97 Å². The van der Waals surface area contributed by atoms with Gasteiger partial charge in [-0.25, -0.2) is 4.79 Å². The zero-order valence-electron chi connectivity index (χ0n) is 28.1. The molecule has 0 aromatic heterocycles. The average Bonchev–Trinajstić information content (AvgIpc) is 3.65. The SMILES string of the molecule is CC(C)C[C@H](NC(=O)CNC(=O)[C@H](CCCN=C(N)N)NC(=O)[C@@H]1CCCN1C(=O)CNC(=O)CCCCCN1C(=O)C=CC1=O)C(=O)O. The summed E-state index contributed by atoms with van der Waals surface area (Å²) in [4.78, 5) is 105. The number of unbranched alkanes of at least 4 members (excludes halogenated alkanes) is 2. The molecule has 0 aliphatic carbocycles. The molecule has 2 aliphatic rings. The molecule has 2 rings (SSSR count). The molecule has 0 saturated carbocycles. The van der Waals surface area contributed by atoms with Crippen LogP contribution < -0.4 is 32.7 Å². The second-order valence-corrected chi connectivity index (χ2v) is 12.3. The van der Waals surface area contributed by atoms with Crippen molar-refractivity contribution in [2.24, 2.45) is 22.4 Å². The Labute approximate surface area is 284 Å². The van der Waals surface area contributed by atoms with E-state index in [4.69, 9.17) is 11.5 Å². The lowest BCUT2D eigenvalue weighted by atomic mass is 10.0. The van der Waals surface area contributed by atoms with Crippen molar-refractivity contribution < 1.29 is 43.5 Å². The zero-order valence-corrected chi connectivity index (χ0v) is 28.1. The van der Waals surface area contributed by atoms with Gasteiger partial charge in [0, 0.05) is 38.2 Å². The highest BCUT2D eigenvalue weighted by molar-refractivity contribution is 6.12. The van der Waals surface area contributed by atoms with Crippen molar-refractivity contribution in [3.05, 3.63) is 12.2 Å². The fourth-order valence-corrected chi connectivity index (χ4v) is 5.35. The van der Waals surface area contributed by atoms with Crippen molar-refractivity contribution in [3.63, 3.8) is 0 Å². The molecule has 0 aromatic carbocycles. The number of nitrogens with one attached hydrogen (secondary N) is 4. The molecule has 1 fully saturated rings. The van der Waals surface area contributed by atoms with E-state index in [2.05, 4.69) is 26.3 Å². The maximum atomic E-state index is 13.3. The van der Waals surface area contributed by atoms with Crippen LogP contribution in [0.25, 0.3) is 0 Å². The normalized spacial score (nSPS) is 16.7. The Morgan fingerprint density at radius 2 is 1.61 bits per heavy atom. The van der Waals surface area contributed by atoms with Crippen LogP contribution in [0.3, 0.4) is 0 Å². The molecule has 272 valence electrons. The first-order valence-corrected chi connectivity index (χ1v) is 16.4. The van der Waals surface area contributed by atoms with Crippen LogP contribution in [-0.2, 0) is 38.4 Å². The van der Waals surface area contributed by atoms with Crippen LogP contribution in [0.4, 0.5) is 0 Å². The predicted octanol–water partition coefficient (Wildman–Crippen LogP) is -2.15. The van der Waals surface area contributed by atoms with E-state index in [1.54, 1.807) is 0 Å². The third-order valence-corrected chi connectivity index (χ3v) is 7.84. The summed E-state index contributed by atoms with van der Waals surface area (Å²) in [7, 11) is 0. The average molecular weight is 692 g/mol. The quantitative estimate of drug-likeness (QED) is 0.0295. The molecule has 2 aliphatic heterocycles. The third-order valence-electron chi connectivity index (χ3n) is 7.84. The summed E-state index contributed by atoms with van der Waals surface area (Å²) in [5.74, 6) is -4.87. The first-order chi connectivity index (χ1) is 23.2. The molecule has 0 aromatic rings. The van der Waals surface area contributed by atoms with E-state index in [1.807, 2.05) is 13.8 Å². The lowest BCUT2D eigenvalue weighted by Gasteiger charge is -2.26. The topological polar surface area (TPSA) is 276 Å². The largest absolute Gasteiger partial charge is 0.480 e. The Kier molecular flexibility index (Phi) is 16.7. The van der Waals surface area contributed by atoms with Crippen molar-refractivity contribution in [3.8, 4) is 0 Å². The summed E-state index contributed by atoms with van der Waals surface area (Å²) in [6, 6.07) is -3.13. The number of carbonyl (C=O) groups is 8. The Hall–Kier alpha value is -5.03. The fraction of sp³-hybridized carbons (Fsp3) is 0.645. The molecule has 18 nitrogen and oxygen atoms in total. The van der Waals surface area contributed by atoms with Gasteiger partial charge in [-0.05, 0) is 50.9 Å². The highest BCUT2D eigenvalue weighted by atomic mass is 16.4. The van der Waals surface area contributed by atoms with Gasteiger partial charge in [-0.3, -0.25) is 43.5 Å². The summed E-state index contributed by atoms with van der Waals surface area (Å²) in [6.45, 7) is 3.48. The van der Waals surface area contributed by atoms with Crippen LogP contribution in [-0.4, -0.2) is 119 Å². The number of hydrogen-bond acceptors (Lipinski definition) is 9. The van der Waals surface area contributed by atoms with Gasteiger partial charge in [-0.15, -0.1) is 0 Å². The molecular weight excluding hydrogens is 642 g/mol. The lowest BCUT2D eigenvalue weighted by molar-refractivity contribution is -0.142. The van der Waals surface area contributed by atoms with E-state index in [9.17, 15) is 43.5 Å². The summed E-state index contributed by atoms with van der Waals surface area (Å²) in [6.07, 6.45) is 5.65. The number of nitrogens with two attached hydrogens (primary N) is 2. The Balaban J connectivity index is 1.87. The molecule has 0 spiro atoms. The van der Waals surface area contributed by atoms with Crippen LogP contribution in [0.5, 0.6) is 0 Å². The maximum Gasteiger partial charge on any atom is 0.326 e. The van der Waals surface area contributed by atoms with Gasteiger partial charge in [0.2, 0.25) is 29.5 Å². The smallest absolute Gasteiger partial charge is 0.326 e. The Morgan fingerprint density at radius 3 is 2.24 bits per heavy atom. The van der Waals surface area contributed by atoms with Crippen LogP contribution in [0, 0.1) is 5.92 Å². The number of carboxylic acid groups (broad SMARTS) is 1. The predicted molar refractivity (Wildman–Crippen MR) is 176 cm³/mol. The lowest BCUT2D eigenvalue weighted by Crippen LogP contribution is -2.55. The van der Waals surface area contributed by atoms with E-state index in [1.165, 1.54) is 17.1 Å². The standard InChI is InChI=1S/C31H49N9O9/c1-19(2)16-21(30(48)49)37-24(42)17-36-28(46)20(8-6-13-34-31(32)33)38-29(47)22-9-7-15-39(22)27(45)18-35-23(41)10-4-3-5-14-40-25(43)11-12-26(40)44/h11-12,19-22H,3-10,13-18H2,1-2H3,(H,35,41)(H,36,46)(H,37,42)(H,38,47)(H,48,49)(H4,32,33,34)/t20-,21-,22-/m0/s1. The summed E-state index contributed by atoms with van der Waals surface area (Å²) in [5.41, 5.74) is 10.7. The van der Waals surface area contributed by atoms with Crippen LogP contribution in [0.2, 0.25) is 0 Å². The molecular formula is C31H49N9O9. The van der Waals surface area contributed by atoms with Gasteiger partial charge < -0.3 is 42.7 Å². The first kappa shape index (κ1) is 40.1. The molecule has 0 bridgehead atoms. The summed E-state index contributed by atoms with van der Waals surface area (Å²) >= 11 is 0. The summed E-state index contributed by atoms with van der Waals surface area (Å²) < 4.78 is 0. The second kappa shape index (κ2) is 20.4. The number of guanidine groups is 1. The third kappa shape index (κ3) is 14.3. The first-order valence-electron chi connectivity index (χ1n) is 16.4. The number of nitrogens with zero attached hydrogens (tertiary/aromatic N) is 3. The molecule has 9 N–H and O–H groups in total. The van der Waals surface area contributed by atoms with Gasteiger partial charge in [0.15, 0.2) is 5.96 Å². The molecule has 1 saturated heterocycles. The van der Waals surface area contributed by atoms with Crippen molar-refractivity contribution in [2.75, 3.05) is 32.7 Å². The van der Waals surface area contributed by atoms with Crippen molar-refractivity contribution in [1.29, 1.82) is 0 Å². The van der Waals surface area contributed by atoms with Gasteiger partial charge in [0.1, 0.15) is 18.1 Å². The molecule has 18 heteroatoms. The van der Waals surface area contributed by atoms with E-state index in [0.717, 1.165) is 4.90 Å². The zero-order chi connectivity index (χ0) is 36.5. The monoisotopic (exact) mass is 691 g/mol. The van der Waals surface area contributed by atoms with Gasteiger partial charge in [-0.1, -0.05) is 20.3 Å². The molecule has 0 radical (unpaired) electrons. The number of aliphatic carboxylic acids is 1. The van der Waals surface area contributed by atoms with Gasteiger partial charge in [0.25, 0.3) is 11.8 Å². The van der Waals surface area contributed by atoms with Crippen molar-refractivity contribution in [1.82, 2.24) is 31.1 Å². The van der Waals surface area contributed by atoms with Crippen LogP contribution >= 0.6 is 0 Å². The van der Waals surface area contributed by atoms with E-state index in [-0.39, 0.29) is 75.0 Å². The molecule has 7 amide bonds. The molecule has 2 heterocycles. The molecule has 0 unspecified atom stereocenters.